The molecule has 3 aromatic heterocycles. The monoisotopic (exact) mass is 457 g/mol. The maximum absolute atomic E-state index is 13.1. The van der Waals surface area contributed by atoms with Gasteiger partial charge in [0.2, 0.25) is 5.82 Å². The summed E-state index contributed by atoms with van der Waals surface area (Å²) in [4.78, 5) is 40.4. The van der Waals surface area contributed by atoms with Gasteiger partial charge in [-0.3, -0.25) is 19.5 Å². The van der Waals surface area contributed by atoms with Crippen molar-refractivity contribution in [1.82, 2.24) is 18.7 Å². The number of rotatable bonds is 4. The summed E-state index contributed by atoms with van der Waals surface area (Å²) in [6.45, 7) is 0. The Hall–Kier alpha value is -4.25. The van der Waals surface area contributed by atoms with Crippen LogP contribution in [0.25, 0.3) is 10.9 Å². The molecular formula is C20H20ClN7O4. The molecule has 0 aliphatic carbocycles. The van der Waals surface area contributed by atoms with Crippen LogP contribution < -0.4 is 16.4 Å². The van der Waals surface area contributed by atoms with Gasteiger partial charge < -0.3 is 25.3 Å². The van der Waals surface area contributed by atoms with Crippen LogP contribution in [0, 0.1) is 0 Å². The van der Waals surface area contributed by atoms with Gasteiger partial charge in [-0.15, -0.1) is 12.4 Å². The lowest BCUT2D eigenvalue weighted by Crippen LogP contribution is -2.16. The lowest BCUT2D eigenvalue weighted by molar-refractivity contribution is 0.0955. The zero-order valence-corrected chi connectivity index (χ0v) is 17.9. The normalized spacial score (nSPS) is 10.6. The van der Waals surface area contributed by atoms with Crippen molar-refractivity contribution in [3.63, 3.8) is 0 Å². The van der Waals surface area contributed by atoms with Crippen molar-refractivity contribution in [2.45, 2.75) is 0 Å². The second-order valence-corrected chi connectivity index (χ2v) is 6.97. The number of nitrogens with zero attached hydrogens (tertiary/aromatic N) is 4. The first kappa shape index (κ1) is 22.4. The van der Waals surface area contributed by atoms with E-state index in [-0.39, 0.29) is 30.0 Å². The van der Waals surface area contributed by atoms with E-state index in [2.05, 4.69) is 15.6 Å². The first-order valence-corrected chi connectivity index (χ1v) is 9.15. The number of benzene rings is 1. The number of hydrogen-bond donors (Lipinski definition) is 4. The highest BCUT2D eigenvalue weighted by atomic mass is 35.5. The summed E-state index contributed by atoms with van der Waals surface area (Å²) in [7, 11) is 3.36. The predicted octanol–water partition coefficient (Wildman–Crippen LogP) is 2.75. The Morgan fingerprint density at radius 3 is 2.41 bits per heavy atom. The lowest BCUT2D eigenvalue weighted by atomic mass is 10.2. The number of nitrogen functional groups attached to an aromatic ring is 1. The average molecular weight is 458 g/mol. The molecule has 11 nitrogen and oxygen atoms in total. The number of fused-ring (bicyclic) bond motifs is 1. The summed E-state index contributed by atoms with van der Waals surface area (Å²) in [6, 6.07) is 8.17. The van der Waals surface area contributed by atoms with Crippen molar-refractivity contribution in [1.29, 1.82) is 0 Å². The van der Waals surface area contributed by atoms with Gasteiger partial charge in [-0.05, 0) is 30.3 Å². The van der Waals surface area contributed by atoms with E-state index in [0.717, 1.165) is 0 Å². The molecule has 0 spiro atoms. The van der Waals surface area contributed by atoms with Crippen molar-refractivity contribution in [3.8, 4) is 0 Å². The van der Waals surface area contributed by atoms with Crippen LogP contribution in [0.1, 0.15) is 21.1 Å². The molecule has 0 unspecified atom stereocenters. The Morgan fingerprint density at radius 2 is 1.75 bits per heavy atom. The van der Waals surface area contributed by atoms with Crippen LogP contribution in [0.4, 0.5) is 22.0 Å². The largest absolute Gasteiger partial charge is 0.465 e. The van der Waals surface area contributed by atoms with Crippen LogP contribution in [0.3, 0.4) is 0 Å². The molecule has 0 saturated carbocycles. The number of anilines is 3. The molecule has 0 fully saturated rings. The number of nitrogens with one attached hydrogen (secondary N) is 2. The fraction of sp³-hybridized carbons (Fsp3) is 0.100. The van der Waals surface area contributed by atoms with E-state index < -0.39 is 12.0 Å². The number of carbonyl (C=O) groups is 3. The Bertz CT molecular complexity index is 1350. The van der Waals surface area contributed by atoms with Crippen molar-refractivity contribution in [3.05, 3.63) is 60.4 Å². The Labute approximate surface area is 187 Å². The van der Waals surface area contributed by atoms with E-state index in [1.165, 1.54) is 15.3 Å². The number of carboxylic acid groups (broad SMARTS) is 1. The van der Waals surface area contributed by atoms with E-state index in [9.17, 15) is 14.4 Å². The van der Waals surface area contributed by atoms with Gasteiger partial charge in [0, 0.05) is 43.8 Å². The first-order chi connectivity index (χ1) is 14.7. The van der Waals surface area contributed by atoms with Gasteiger partial charge in [-0.2, -0.15) is 0 Å². The minimum absolute atomic E-state index is 0. The van der Waals surface area contributed by atoms with Gasteiger partial charge in [-0.25, -0.2) is 9.78 Å². The Morgan fingerprint density at radius 1 is 1.00 bits per heavy atom. The van der Waals surface area contributed by atoms with Gasteiger partial charge >= 0.3 is 6.09 Å². The van der Waals surface area contributed by atoms with Crippen molar-refractivity contribution in [2.75, 3.05) is 16.4 Å². The van der Waals surface area contributed by atoms with Gasteiger partial charge in [0.1, 0.15) is 11.5 Å². The van der Waals surface area contributed by atoms with E-state index in [4.69, 9.17) is 10.8 Å². The molecule has 4 aromatic rings. The standard InChI is InChI=1S/C20H19N7O4.ClH/c1-25-9-13(22-18(28)17-24-16(21)10-26(17)2)8-15(25)19(29)27-6-5-11-7-12(23-20(30)31)3-4-14(11)27;/h3-10,23H,21H2,1-2H3,(H,22,28)(H,30,31);1H. The van der Waals surface area contributed by atoms with Gasteiger partial charge in [-0.1, -0.05) is 0 Å². The number of carbonyl (C=O) groups excluding carboxylic acids is 2. The summed E-state index contributed by atoms with van der Waals surface area (Å²) < 4.78 is 4.58. The molecule has 0 aliphatic heterocycles. The van der Waals surface area contributed by atoms with E-state index in [1.807, 2.05) is 0 Å². The quantitative estimate of drug-likeness (QED) is 0.370. The zero-order valence-electron chi connectivity index (χ0n) is 17.1. The molecule has 4 rings (SSSR count). The number of aryl methyl sites for hydroxylation is 2. The molecule has 32 heavy (non-hydrogen) atoms. The molecule has 0 atom stereocenters. The molecule has 0 aliphatic rings. The number of nitrogens with two attached hydrogens (primary N) is 1. The lowest BCUT2D eigenvalue weighted by Gasteiger charge is -2.06. The molecule has 0 radical (unpaired) electrons. The van der Waals surface area contributed by atoms with Crippen LogP contribution >= 0.6 is 12.4 Å². The molecule has 5 N–H and O–H groups in total. The molecule has 0 saturated heterocycles. The number of amides is 2. The number of aromatic nitrogens is 4. The van der Waals surface area contributed by atoms with Crippen LogP contribution in [0.2, 0.25) is 0 Å². The Kier molecular flexibility index (Phi) is 5.94. The molecular weight excluding hydrogens is 438 g/mol. The minimum atomic E-state index is -1.17. The second kappa shape index (κ2) is 8.47. The summed E-state index contributed by atoms with van der Waals surface area (Å²) in [6.07, 6.45) is 3.60. The highest BCUT2D eigenvalue weighted by Gasteiger charge is 2.19. The van der Waals surface area contributed by atoms with Crippen LogP contribution in [-0.2, 0) is 14.1 Å². The number of imidazole rings is 1. The van der Waals surface area contributed by atoms with Gasteiger partial charge in [0.05, 0.1) is 11.2 Å². The van der Waals surface area contributed by atoms with E-state index in [1.54, 1.807) is 61.4 Å². The minimum Gasteiger partial charge on any atom is -0.465 e. The Balaban J connectivity index is 0.00000289. The topological polar surface area (TPSA) is 149 Å². The SMILES string of the molecule is Cl.Cn1cc(NC(=O)c2nc(N)cn2C)cc1C(=O)n1ccc2cc(NC(=O)O)ccc21. The molecule has 0 bridgehead atoms. The fourth-order valence-corrected chi connectivity index (χ4v) is 3.38. The third-order valence-corrected chi connectivity index (χ3v) is 4.74. The molecule has 2 amide bonds. The second-order valence-electron chi connectivity index (χ2n) is 6.97. The van der Waals surface area contributed by atoms with Gasteiger partial charge in [0.25, 0.3) is 11.8 Å². The third-order valence-electron chi connectivity index (χ3n) is 4.74. The van der Waals surface area contributed by atoms with Crippen LogP contribution in [0.5, 0.6) is 0 Å². The smallest absolute Gasteiger partial charge is 0.409 e. The maximum atomic E-state index is 13.1. The highest BCUT2D eigenvalue weighted by Crippen LogP contribution is 2.23. The first-order valence-electron chi connectivity index (χ1n) is 9.15. The van der Waals surface area contributed by atoms with Crippen molar-refractivity contribution < 1.29 is 19.5 Å². The molecule has 3 heterocycles. The predicted molar refractivity (Wildman–Crippen MR) is 122 cm³/mol. The zero-order chi connectivity index (χ0) is 22.3. The number of hydrogen-bond acceptors (Lipinski definition) is 5. The summed E-state index contributed by atoms with van der Waals surface area (Å²) in [5.41, 5.74) is 7.42. The molecule has 12 heteroatoms. The van der Waals surface area contributed by atoms with Gasteiger partial charge in [0.15, 0.2) is 0 Å². The number of halogens is 1. The van der Waals surface area contributed by atoms with Crippen LogP contribution in [0.15, 0.2) is 48.9 Å². The summed E-state index contributed by atoms with van der Waals surface area (Å²) in [5.74, 6) is -0.374. The summed E-state index contributed by atoms with van der Waals surface area (Å²) in [5, 5.41) is 14.5. The highest BCUT2D eigenvalue weighted by molar-refractivity contribution is 6.05. The third kappa shape index (κ3) is 4.14. The van der Waals surface area contributed by atoms with Crippen LogP contribution in [-0.4, -0.2) is 41.7 Å². The maximum Gasteiger partial charge on any atom is 0.409 e. The average Bonchev–Trinajstić information content (AvgIpc) is 3.37. The van der Waals surface area contributed by atoms with E-state index in [0.29, 0.717) is 28.0 Å². The van der Waals surface area contributed by atoms with Crippen molar-refractivity contribution in [2.24, 2.45) is 14.1 Å². The fourth-order valence-electron chi connectivity index (χ4n) is 3.38. The van der Waals surface area contributed by atoms with E-state index >= 15 is 0 Å². The molecule has 1 aromatic carbocycles. The molecule has 166 valence electrons. The van der Waals surface area contributed by atoms with Crippen molar-refractivity contribution >= 4 is 58.4 Å². The summed E-state index contributed by atoms with van der Waals surface area (Å²) >= 11 is 0.